The highest BCUT2D eigenvalue weighted by atomic mass is 35.5. The molecule has 0 aliphatic carbocycles. The van der Waals surface area contributed by atoms with E-state index < -0.39 is 0 Å². The summed E-state index contributed by atoms with van der Waals surface area (Å²) in [5, 5.41) is 9.09. The van der Waals surface area contributed by atoms with Crippen molar-refractivity contribution >= 4 is 22.5 Å². The molecule has 3 nitrogen and oxygen atoms in total. The molecule has 1 unspecified atom stereocenters. The number of aryl methyl sites for hydroxylation is 1. The minimum absolute atomic E-state index is 0.326. The van der Waals surface area contributed by atoms with Crippen LogP contribution in [0.25, 0.3) is 10.9 Å². The molecule has 0 aliphatic rings. The van der Waals surface area contributed by atoms with E-state index in [2.05, 4.69) is 10.4 Å². The minimum Gasteiger partial charge on any atom is -0.308 e. The maximum absolute atomic E-state index is 14.2. The summed E-state index contributed by atoms with van der Waals surface area (Å²) in [6.07, 6.45) is 0. The first-order valence-electron chi connectivity index (χ1n) is 6.65. The highest BCUT2D eigenvalue weighted by Crippen LogP contribution is 2.30. The quantitative estimate of drug-likeness (QED) is 0.800. The van der Waals surface area contributed by atoms with Gasteiger partial charge in [0, 0.05) is 23.0 Å². The van der Waals surface area contributed by atoms with Gasteiger partial charge in [0.15, 0.2) is 0 Å². The zero-order valence-electron chi connectivity index (χ0n) is 11.8. The van der Waals surface area contributed by atoms with E-state index in [4.69, 9.17) is 11.6 Å². The van der Waals surface area contributed by atoms with Crippen molar-refractivity contribution in [3.8, 4) is 0 Å². The second-order valence-electron chi connectivity index (χ2n) is 4.91. The number of fused-ring (bicyclic) bond motifs is 1. The lowest BCUT2D eigenvalue weighted by Crippen LogP contribution is -2.20. The predicted molar refractivity (Wildman–Crippen MR) is 83.0 cm³/mol. The van der Waals surface area contributed by atoms with Crippen LogP contribution in [0.2, 0.25) is 5.02 Å². The van der Waals surface area contributed by atoms with Crippen molar-refractivity contribution in [2.75, 3.05) is 7.05 Å². The first-order chi connectivity index (χ1) is 10.1. The van der Waals surface area contributed by atoms with Gasteiger partial charge in [-0.25, -0.2) is 4.39 Å². The third-order valence-electron chi connectivity index (χ3n) is 3.62. The highest BCUT2D eigenvalue weighted by Gasteiger charge is 2.22. The van der Waals surface area contributed by atoms with Gasteiger partial charge in [-0.1, -0.05) is 35.9 Å². The van der Waals surface area contributed by atoms with Crippen LogP contribution in [0.15, 0.2) is 42.5 Å². The molecule has 0 fully saturated rings. The molecule has 0 radical (unpaired) electrons. The van der Waals surface area contributed by atoms with Crippen molar-refractivity contribution in [2.45, 2.75) is 6.04 Å². The lowest BCUT2D eigenvalue weighted by Gasteiger charge is -2.16. The SMILES string of the molecule is CNC(c1ccc(Cl)cc1F)c1nn(C)c2ccccc12. The number of nitrogens with one attached hydrogen (secondary N) is 1. The molecule has 3 aromatic rings. The van der Waals surface area contributed by atoms with E-state index in [0.29, 0.717) is 10.6 Å². The smallest absolute Gasteiger partial charge is 0.129 e. The van der Waals surface area contributed by atoms with E-state index in [9.17, 15) is 4.39 Å². The molecule has 0 bridgehead atoms. The lowest BCUT2D eigenvalue weighted by molar-refractivity contribution is 0.567. The summed E-state index contributed by atoms with van der Waals surface area (Å²) < 4.78 is 16.0. The molecule has 1 atom stereocenters. The highest BCUT2D eigenvalue weighted by molar-refractivity contribution is 6.30. The summed E-state index contributed by atoms with van der Waals surface area (Å²) in [6, 6.07) is 12.3. The predicted octanol–water partition coefficient (Wildman–Crippen LogP) is 3.67. The molecule has 21 heavy (non-hydrogen) atoms. The number of rotatable bonds is 3. The van der Waals surface area contributed by atoms with Crippen LogP contribution in [0.1, 0.15) is 17.3 Å². The third kappa shape index (κ3) is 2.41. The Labute approximate surface area is 127 Å². The molecule has 108 valence electrons. The van der Waals surface area contributed by atoms with Gasteiger partial charge in [0.2, 0.25) is 0 Å². The van der Waals surface area contributed by atoms with Crippen molar-refractivity contribution in [1.29, 1.82) is 0 Å². The number of para-hydroxylation sites is 1. The first-order valence-corrected chi connectivity index (χ1v) is 7.03. The summed E-state index contributed by atoms with van der Waals surface area (Å²) >= 11 is 5.83. The van der Waals surface area contributed by atoms with Crippen molar-refractivity contribution < 1.29 is 4.39 Å². The van der Waals surface area contributed by atoms with Crippen LogP contribution in [0.3, 0.4) is 0 Å². The fourth-order valence-corrected chi connectivity index (χ4v) is 2.79. The van der Waals surface area contributed by atoms with E-state index in [1.54, 1.807) is 19.2 Å². The summed E-state index contributed by atoms with van der Waals surface area (Å²) in [7, 11) is 3.68. The Morgan fingerprint density at radius 2 is 2.00 bits per heavy atom. The molecule has 0 aliphatic heterocycles. The van der Waals surface area contributed by atoms with Gasteiger partial charge >= 0.3 is 0 Å². The molecule has 1 aromatic heterocycles. The van der Waals surface area contributed by atoms with Crippen molar-refractivity contribution in [1.82, 2.24) is 15.1 Å². The Bertz CT molecular complexity index is 797. The standard InChI is InChI=1S/C16H15ClFN3/c1-19-15(11-8-7-10(17)9-13(11)18)16-12-5-3-4-6-14(12)21(2)20-16/h3-9,15,19H,1-2H3. The van der Waals surface area contributed by atoms with Gasteiger partial charge in [0.1, 0.15) is 5.82 Å². The van der Waals surface area contributed by atoms with Gasteiger partial charge < -0.3 is 5.32 Å². The fourth-order valence-electron chi connectivity index (χ4n) is 2.63. The molecule has 3 rings (SSSR count). The van der Waals surface area contributed by atoms with Gasteiger partial charge in [-0.05, 0) is 25.2 Å². The second kappa shape index (κ2) is 5.47. The first kappa shape index (κ1) is 14.0. The van der Waals surface area contributed by atoms with Crippen LogP contribution in [0.5, 0.6) is 0 Å². The van der Waals surface area contributed by atoms with Gasteiger partial charge in [-0.15, -0.1) is 0 Å². The summed E-state index contributed by atoms with van der Waals surface area (Å²) in [6.45, 7) is 0. The number of aromatic nitrogens is 2. The number of hydrogen-bond donors (Lipinski definition) is 1. The molecule has 1 N–H and O–H groups in total. The number of benzene rings is 2. The van der Waals surface area contributed by atoms with Gasteiger partial charge in [0.25, 0.3) is 0 Å². The normalized spacial score (nSPS) is 12.8. The fraction of sp³-hybridized carbons (Fsp3) is 0.188. The Morgan fingerprint density at radius 3 is 2.71 bits per heavy atom. The number of halogens is 2. The molecule has 0 saturated heterocycles. The van der Waals surface area contributed by atoms with E-state index in [0.717, 1.165) is 16.6 Å². The number of hydrogen-bond acceptors (Lipinski definition) is 2. The maximum atomic E-state index is 14.2. The molecule has 5 heteroatoms. The topological polar surface area (TPSA) is 29.9 Å². The largest absolute Gasteiger partial charge is 0.308 e. The van der Waals surface area contributed by atoms with Gasteiger partial charge in [0.05, 0.1) is 17.3 Å². The third-order valence-corrected chi connectivity index (χ3v) is 3.86. The van der Waals surface area contributed by atoms with Crippen molar-refractivity contribution in [2.24, 2.45) is 7.05 Å². The monoisotopic (exact) mass is 303 g/mol. The Balaban J connectivity index is 2.18. The molecular formula is C16H15ClFN3. The van der Waals surface area contributed by atoms with Crippen LogP contribution in [0, 0.1) is 5.82 Å². The van der Waals surface area contributed by atoms with Crippen molar-refractivity contribution in [3.05, 3.63) is 64.6 Å². The van der Waals surface area contributed by atoms with Gasteiger partial charge in [-0.3, -0.25) is 4.68 Å². The van der Waals surface area contributed by atoms with Crippen LogP contribution in [-0.4, -0.2) is 16.8 Å². The van der Waals surface area contributed by atoms with Crippen molar-refractivity contribution in [3.63, 3.8) is 0 Å². The van der Waals surface area contributed by atoms with E-state index >= 15 is 0 Å². The molecule has 1 heterocycles. The van der Waals surface area contributed by atoms with Crippen LogP contribution in [-0.2, 0) is 7.05 Å². The molecular weight excluding hydrogens is 289 g/mol. The lowest BCUT2D eigenvalue weighted by atomic mass is 10.0. The summed E-state index contributed by atoms with van der Waals surface area (Å²) in [4.78, 5) is 0. The summed E-state index contributed by atoms with van der Waals surface area (Å²) in [5.41, 5.74) is 2.35. The minimum atomic E-state index is -0.336. The zero-order valence-corrected chi connectivity index (χ0v) is 12.5. The van der Waals surface area contributed by atoms with Crippen LogP contribution < -0.4 is 5.32 Å². The van der Waals surface area contributed by atoms with Crippen LogP contribution in [0.4, 0.5) is 4.39 Å². The number of nitrogens with zero attached hydrogens (tertiary/aromatic N) is 2. The molecule has 0 amide bonds. The molecule has 0 saturated carbocycles. The average molecular weight is 304 g/mol. The zero-order chi connectivity index (χ0) is 15.0. The Hall–Kier alpha value is -1.91. The Morgan fingerprint density at radius 1 is 1.24 bits per heavy atom. The van der Waals surface area contributed by atoms with Crippen LogP contribution >= 0.6 is 11.6 Å². The maximum Gasteiger partial charge on any atom is 0.129 e. The summed E-state index contributed by atoms with van der Waals surface area (Å²) in [5.74, 6) is -0.336. The second-order valence-corrected chi connectivity index (χ2v) is 5.35. The van der Waals surface area contributed by atoms with E-state index in [-0.39, 0.29) is 11.9 Å². The average Bonchev–Trinajstić information content (AvgIpc) is 2.80. The molecule has 0 spiro atoms. The van der Waals surface area contributed by atoms with Gasteiger partial charge in [-0.2, -0.15) is 5.10 Å². The Kier molecular flexibility index (Phi) is 3.66. The molecule has 2 aromatic carbocycles. The van der Waals surface area contributed by atoms with E-state index in [1.807, 2.05) is 36.0 Å². The van der Waals surface area contributed by atoms with E-state index in [1.165, 1.54) is 6.07 Å².